The molecule has 0 bridgehead atoms. The van der Waals surface area contributed by atoms with Crippen molar-refractivity contribution in [2.75, 3.05) is 5.73 Å². The minimum atomic E-state index is -1.17. The fourth-order valence-electron chi connectivity index (χ4n) is 1.85. The second-order valence-electron chi connectivity index (χ2n) is 4.06. The fraction of sp³-hybridized carbons (Fsp3) is 0.0714. The molecule has 0 fully saturated rings. The minimum Gasteiger partial charge on any atom is -0.478 e. The van der Waals surface area contributed by atoms with Crippen LogP contribution in [0.5, 0.6) is 0 Å². The normalized spacial score (nSPS) is 10.2. The van der Waals surface area contributed by atoms with Gasteiger partial charge in [0, 0.05) is 12.0 Å². The van der Waals surface area contributed by atoms with E-state index in [1.54, 1.807) is 0 Å². The Labute approximate surface area is 114 Å². The molecule has 0 aliphatic rings. The van der Waals surface area contributed by atoms with Crippen LogP contribution in [0.2, 0.25) is 0 Å². The molecular formula is C14H12FN3O2. The van der Waals surface area contributed by atoms with Gasteiger partial charge in [0.25, 0.3) is 0 Å². The fourth-order valence-corrected chi connectivity index (χ4v) is 1.85. The first-order valence-corrected chi connectivity index (χ1v) is 5.79. The molecule has 102 valence electrons. The Balaban J connectivity index is 2.70. The Morgan fingerprint density at radius 1 is 1.35 bits per heavy atom. The molecule has 0 aliphatic carbocycles. The number of nitrogen functional groups attached to an aromatic ring is 1. The van der Waals surface area contributed by atoms with Crippen molar-refractivity contribution in [3.8, 4) is 11.3 Å². The lowest BCUT2D eigenvalue weighted by Gasteiger charge is -2.10. The molecule has 0 atom stereocenters. The third-order valence-electron chi connectivity index (χ3n) is 2.67. The molecule has 0 radical (unpaired) electrons. The smallest absolute Gasteiger partial charge is 0.339 e. The second-order valence-corrected chi connectivity index (χ2v) is 4.06. The number of anilines is 1. The van der Waals surface area contributed by atoms with E-state index in [2.05, 4.69) is 16.5 Å². The van der Waals surface area contributed by atoms with Crippen LogP contribution in [0.1, 0.15) is 16.1 Å². The molecule has 0 spiro atoms. The molecule has 1 heterocycles. The molecule has 0 saturated carbocycles. The second kappa shape index (κ2) is 5.48. The Morgan fingerprint density at radius 3 is 2.55 bits per heavy atom. The summed E-state index contributed by atoms with van der Waals surface area (Å²) in [5.41, 5.74) is 6.46. The zero-order valence-electron chi connectivity index (χ0n) is 10.5. The number of allylic oxidation sites excluding steroid dienone is 1. The van der Waals surface area contributed by atoms with E-state index in [1.807, 2.05) is 0 Å². The summed E-state index contributed by atoms with van der Waals surface area (Å²) in [6.07, 6.45) is 1.78. The van der Waals surface area contributed by atoms with Crippen LogP contribution < -0.4 is 5.73 Å². The summed E-state index contributed by atoms with van der Waals surface area (Å²) in [6, 6.07) is 5.35. The van der Waals surface area contributed by atoms with Gasteiger partial charge in [-0.2, -0.15) is 0 Å². The van der Waals surface area contributed by atoms with E-state index in [0.717, 1.165) is 0 Å². The van der Waals surface area contributed by atoms with Gasteiger partial charge in [0.15, 0.2) is 0 Å². The van der Waals surface area contributed by atoms with Gasteiger partial charge < -0.3 is 10.8 Å². The first kappa shape index (κ1) is 13.7. The van der Waals surface area contributed by atoms with E-state index in [4.69, 9.17) is 5.73 Å². The number of rotatable bonds is 4. The van der Waals surface area contributed by atoms with E-state index < -0.39 is 11.8 Å². The van der Waals surface area contributed by atoms with Crippen LogP contribution in [-0.2, 0) is 6.42 Å². The van der Waals surface area contributed by atoms with Crippen molar-refractivity contribution in [1.82, 2.24) is 9.97 Å². The third kappa shape index (κ3) is 2.64. The van der Waals surface area contributed by atoms with Crippen LogP contribution >= 0.6 is 0 Å². The topological polar surface area (TPSA) is 89.1 Å². The van der Waals surface area contributed by atoms with Crippen molar-refractivity contribution in [3.05, 3.63) is 54.0 Å². The average molecular weight is 273 g/mol. The lowest BCUT2D eigenvalue weighted by atomic mass is 10.0. The van der Waals surface area contributed by atoms with E-state index in [1.165, 1.54) is 30.3 Å². The largest absolute Gasteiger partial charge is 0.478 e. The molecule has 1 aromatic carbocycles. The summed E-state index contributed by atoms with van der Waals surface area (Å²) in [7, 11) is 0. The lowest BCUT2D eigenvalue weighted by Crippen LogP contribution is -2.11. The van der Waals surface area contributed by atoms with Gasteiger partial charge in [-0.3, -0.25) is 0 Å². The molecule has 0 saturated heterocycles. The number of benzene rings is 1. The number of hydrogen-bond acceptors (Lipinski definition) is 4. The summed E-state index contributed by atoms with van der Waals surface area (Å²) in [4.78, 5) is 19.3. The van der Waals surface area contributed by atoms with Gasteiger partial charge >= 0.3 is 5.97 Å². The lowest BCUT2D eigenvalue weighted by molar-refractivity contribution is 0.0696. The minimum absolute atomic E-state index is 0.0359. The molecular weight excluding hydrogens is 261 g/mol. The van der Waals surface area contributed by atoms with Gasteiger partial charge in [-0.15, -0.1) is 6.58 Å². The number of carboxylic acid groups (broad SMARTS) is 1. The van der Waals surface area contributed by atoms with Gasteiger partial charge in [-0.05, 0) is 24.3 Å². The molecule has 0 aliphatic heterocycles. The Morgan fingerprint density at radius 2 is 2.00 bits per heavy atom. The molecule has 3 N–H and O–H groups in total. The van der Waals surface area contributed by atoms with Crippen LogP contribution in [0.3, 0.4) is 0 Å². The molecule has 0 unspecified atom stereocenters. The van der Waals surface area contributed by atoms with Crippen LogP contribution in [0.4, 0.5) is 10.3 Å². The Kier molecular flexibility index (Phi) is 3.74. The number of hydrogen-bond donors (Lipinski definition) is 2. The zero-order chi connectivity index (χ0) is 14.7. The number of nitrogens with zero attached hydrogens (tertiary/aromatic N) is 2. The summed E-state index contributed by atoms with van der Waals surface area (Å²) in [5, 5.41) is 9.35. The first-order chi connectivity index (χ1) is 9.52. The highest BCUT2D eigenvalue weighted by Crippen LogP contribution is 2.25. The van der Waals surface area contributed by atoms with Crippen molar-refractivity contribution in [2.24, 2.45) is 0 Å². The van der Waals surface area contributed by atoms with Crippen LogP contribution in [0, 0.1) is 5.82 Å². The highest BCUT2D eigenvalue weighted by Gasteiger charge is 2.20. The van der Waals surface area contributed by atoms with Gasteiger partial charge in [-0.1, -0.05) is 6.08 Å². The van der Waals surface area contributed by atoms with Crippen LogP contribution in [0.25, 0.3) is 11.3 Å². The SMILES string of the molecule is C=CCc1nc(N)nc(-c2ccc(F)cc2)c1C(=O)O. The molecule has 0 amide bonds. The third-order valence-corrected chi connectivity index (χ3v) is 2.67. The van der Waals surface area contributed by atoms with E-state index >= 15 is 0 Å². The highest BCUT2D eigenvalue weighted by atomic mass is 19.1. The summed E-state index contributed by atoms with van der Waals surface area (Å²) < 4.78 is 13.0. The predicted octanol–water partition coefficient (Wildman–Crippen LogP) is 2.29. The molecule has 20 heavy (non-hydrogen) atoms. The van der Waals surface area contributed by atoms with Gasteiger partial charge in [0.05, 0.1) is 11.4 Å². The molecule has 6 heteroatoms. The monoisotopic (exact) mass is 273 g/mol. The van der Waals surface area contributed by atoms with E-state index in [9.17, 15) is 14.3 Å². The van der Waals surface area contributed by atoms with Crippen molar-refractivity contribution in [3.63, 3.8) is 0 Å². The Hall–Kier alpha value is -2.76. The zero-order valence-corrected chi connectivity index (χ0v) is 10.5. The van der Waals surface area contributed by atoms with Gasteiger partial charge in [0.2, 0.25) is 5.95 Å². The summed E-state index contributed by atoms with van der Waals surface area (Å²) in [6.45, 7) is 3.56. The molecule has 1 aromatic heterocycles. The number of aromatic nitrogens is 2. The van der Waals surface area contributed by atoms with Crippen LogP contribution in [0.15, 0.2) is 36.9 Å². The number of halogens is 1. The van der Waals surface area contributed by atoms with Crippen molar-refractivity contribution < 1.29 is 14.3 Å². The Bertz CT molecular complexity index is 669. The standard InChI is InChI=1S/C14H12FN3O2/c1-2-3-10-11(13(19)20)12(18-14(16)17-10)8-4-6-9(15)7-5-8/h2,4-7H,1,3H2,(H,19,20)(H2,16,17,18). The molecule has 2 rings (SSSR count). The number of carbonyl (C=O) groups is 1. The average Bonchev–Trinajstić information content (AvgIpc) is 2.38. The van der Waals surface area contributed by atoms with Crippen molar-refractivity contribution in [1.29, 1.82) is 0 Å². The maximum Gasteiger partial charge on any atom is 0.339 e. The molecule has 5 nitrogen and oxygen atoms in total. The van der Waals surface area contributed by atoms with E-state index in [0.29, 0.717) is 5.56 Å². The number of aromatic carboxylic acids is 1. The quantitative estimate of drug-likeness (QED) is 0.834. The van der Waals surface area contributed by atoms with E-state index in [-0.39, 0.29) is 29.3 Å². The maximum absolute atomic E-state index is 13.0. The van der Waals surface area contributed by atoms with Gasteiger partial charge in [-0.25, -0.2) is 19.2 Å². The summed E-state index contributed by atoms with van der Waals surface area (Å²) >= 11 is 0. The number of carboxylic acids is 1. The highest BCUT2D eigenvalue weighted by molar-refractivity contribution is 5.96. The first-order valence-electron chi connectivity index (χ1n) is 5.79. The predicted molar refractivity (Wildman–Crippen MR) is 72.7 cm³/mol. The van der Waals surface area contributed by atoms with Crippen molar-refractivity contribution >= 4 is 11.9 Å². The molecule has 2 aromatic rings. The maximum atomic E-state index is 13.0. The van der Waals surface area contributed by atoms with Crippen LogP contribution in [-0.4, -0.2) is 21.0 Å². The van der Waals surface area contributed by atoms with Crippen molar-refractivity contribution in [2.45, 2.75) is 6.42 Å². The van der Waals surface area contributed by atoms with Gasteiger partial charge in [0.1, 0.15) is 11.4 Å². The number of nitrogens with two attached hydrogens (primary N) is 1. The summed E-state index contributed by atoms with van der Waals surface area (Å²) in [5.74, 6) is -1.62.